The van der Waals surface area contributed by atoms with Crippen molar-refractivity contribution in [3.63, 3.8) is 0 Å². The number of rotatable bonds is 5. The maximum Gasteiger partial charge on any atom is 0.324 e. The maximum atomic E-state index is 13.1. The number of esters is 1. The molecule has 8 heteroatoms. The fourth-order valence-corrected chi connectivity index (χ4v) is 5.83. The summed E-state index contributed by atoms with van der Waals surface area (Å²) in [5.41, 5.74) is 0. The normalized spacial score (nSPS) is 23.5. The molecule has 0 bridgehead atoms. The lowest BCUT2D eigenvalue weighted by Crippen LogP contribution is -2.41. The molecule has 1 aliphatic heterocycles. The molecule has 2 aromatic rings. The number of methoxy groups -OCH3 is 1. The molecular formula is C21H25NO6S. The second-order valence-corrected chi connectivity index (χ2v) is 9.59. The summed E-state index contributed by atoms with van der Waals surface area (Å²) in [4.78, 5) is 12.1. The highest BCUT2D eigenvalue weighted by Gasteiger charge is 2.44. The van der Waals surface area contributed by atoms with Gasteiger partial charge in [-0.1, -0.05) is 12.1 Å². The largest absolute Gasteiger partial charge is 0.490 e. The lowest BCUT2D eigenvalue weighted by Gasteiger charge is -2.22. The van der Waals surface area contributed by atoms with Crippen LogP contribution in [0, 0.1) is 0 Å². The van der Waals surface area contributed by atoms with Gasteiger partial charge < -0.3 is 14.6 Å². The minimum Gasteiger partial charge on any atom is -0.490 e. The molecule has 1 N–H and O–H groups in total. The van der Waals surface area contributed by atoms with Gasteiger partial charge in [0.25, 0.3) is 0 Å². The zero-order valence-corrected chi connectivity index (χ0v) is 17.1. The summed E-state index contributed by atoms with van der Waals surface area (Å²) in [6.07, 6.45) is 3.90. The Labute approximate surface area is 170 Å². The molecule has 2 aromatic carbocycles. The van der Waals surface area contributed by atoms with Gasteiger partial charge in [0, 0.05) is 13.0 Å². The number of aliphatic hydroxyl groups excluding tert-OH is 1. The fraction of sp³-hybridized carbons (Fsp3) is 0.476. The third kappa shape index (κ3) is 3.97. The summed E-state index contributed by atoms with van der Waals surface area (Å²) >= 11 is 0. The topological polar surface area (TPSA) is 93.1 Å². The lowest BCUT2D eigenvalue weighted by atomic mass is 10.1. The van der Waals surface area contributed by atoms with Crippen LogP contribution in [0.15, 0.2) is 41.3 Å². The van der Waals surface area contributed by atoms with E-state index in [1.807, 2.05) is 18.2 Å². The van der Waals surface area contributed by atoms with Crippen molar-refractivity contribution in [3.8, 4) is 5.75 Å². The number of carbonyl (C=O) groups excluding carboxylic acids is 1. The number of hydrogen-bond donors (Lipinski definition) is 1. The third-order valence-corrected chi connectivity index (χ3v) is 7.57. The van der Waals surface area contributed by atoms with Gasteiger partial charge in [-0.3, -0.25) is 4.79 Å². The molecule has 2 atom stereocenters. The zero-order valence-electron chi connectivity index (χ0n) is 16.3. The first-order chi connectivity index (χ1) is 13.9. The number of benzene rings is 2. The molecule has 7 nitrogen and oxygen atoms in total. The van der Waals surface area contributed by atoms with Crippen LogP contribution in [0.3, 0.4) is 0 Å². The SMILES string of the molecule is COC(=O)[C@@H]1C[C@@H](O)CN1S(=O)(=O)c1ccc2cc(OC3CCCC3)ccc2c1. The van der Waals surface area contributed by atoms with Crippen molar-refractivity contribution in [2.75, 3.05) is 13.7 Å². The molecule has 1 aliphatic carbocycles. The summed E-state index contributed by atoms with van der Waals surface area (Å²) in [6, 6.07) is 9.45. The summed E-state index contributed by atoms with van der Waals surface area (Å²) in [5.74, 6) is 0.119. The van der Waals surface area contributed by atoms with E-state index in [9.17, 15) is 18.3 Å². The van der Waals surface area contributed by atoms with Crippen molar-refractivity contribution >= 4 is 26.8 Å². The van der Waals surface area contributed by atoms with Crippen molar-refractivity contribution in [2.45, 2.75) is 55.2 Å². The molecular weight excluding hydrogens is 394 g/mol. The Balaban J connectivity index is 1.61. The molecule has 1 heterocycles. The third-order valence-electron chi connectivity index (χ3n) is 5.70. The number of nitrogens with zero attached hydrogens (tertiary/aromatic N) is 1. The average molecular weight is 419 g/mol. The van der Waals surface area contributed by atoms with Gasteiger partial charge in [0.1, 0.15) is 11.8 Å². The molecule has 1 saturated heterocycles. The predicted molar refractivity (Wildman–Crippen MR) is 107 cm³/mol. The van der Waals surface area contributed by atoms with E-state index in [0.717, 1.165) is 33.7 Å². The number of hydrogen-bond acceptors (Lipinski definition) is 6. The Morgan fingerprint density at radius 1 is 1.10 bits per heavy atom. The predicted octanol–water partition coefficient (Wildman–Crippen LogP) is 2.46. The summed E-state index contributed by atoms with van der Waals surface area (Å²) in [7, 11) is -2.75. The Morgan fingerprint density at radius 2 is 1.79 bits per heavy atom. The van der Waals surface area contributed by atoms with Crippen molar-refractivity contribution in [2.24, 2.45) is 0 Å². The number of aliphatic hydroxyl groups is 1. The van der Waals surface area contributed by atoms with Crippen LogP contribution < -0.4 is 4.74 Å². The van der Waals surface area contributed by atoms with Gasteiger partial charge >= 0.3 is 5.97 Å². The highest BCUT2D eigenvalue weighted by Crippen LogP contribution is 2.31. The highest BCUT2D eigenvalue weighted by atomic mass is 32.2. The summed E-state index contributed by atoms with van der Waals surface area (Å²) in [6.45, 7) is -0.131. The van der Waals surface area contributed by atoms with Crippen molar-refractivity contribution in [1.82, 2.24) is 4.31 Å². The van der Waals surface area contributed by atoms with E-state index >= 15 is 0 Å². The monoisotopic (exact) mass is 419 g/mol. The molecule has 0 amide bonds. The van der Waals surface area contributed by atoms with Crippen LogP contribution in [0.4, 0.5) is 0 Å². The van der Waals surface area contributed by atoms with Gasteiger partial charge in [-0.15, -0.1) is 0 Å². The molecule has 0 spiro atoms. The van der Waals surface area contributed by atoms with Crippen molar-refractivity contribution < 1.29 is 27.8 Å². The summed E-state index contributed by atoms with van der Waals surface area (Å²) in [5, 5.41) is 11.6. The molecule has 2 aliphatic rings. The first-order valence-electron chi connectivity index (χ1n) is 9.86. The number of ether oxygens (including phenoxy) is 2. The van der Waals surface area contributed by atoms with Crippen molar-refractivity contribution in [1.29, 1.82) is 0 Å². The van der Waals surface area contributed by atoms with Crippen molar-refractivity contribution in [3.05, 3.63) is 36.4 Å². The Bertz CT molecular complexity index is 1020. The van der Waals surface area contributed by atoms with Gasteiger partial charge in [0.05, 0.1) is 24.2 Å². The smallest absolute Gasteiger partial charge is 0.324 e. The number of carbonyl (C=O) groups is 1. The quantitative estimate of drug-likeness (QED) is 0.749. The minimum atomic E-state index is -3.95. The van der Waals surface area contributed by atoms with Crippen LogP contribution in [0.5, 0.6) is 5.75 Å². The van der Waals surface area contributed by atoms with Crippen LogP contribution >= 0.6 is 0 Å². The number of sulfonamides is 1. The second kappa shape index (κ2) is 7.93. The lowest BCUT2D eigenvalue weighted by molar-refractivity contribution is -0.144. The van der Waals surface area contributed by atoms with Gasteiger partial charge in [-0.05, 0) is 60.7 Å². The van der Waals surface area contributed by atoms with E-state index in [1.54, 1.807) is 12.1 Å². The molecule has 156 valence electrons. The van der Waals surface area contributed by atoms with E-state index in [0.29, 0.717) is 0 Å². The van der Waals surface area contributed by atoms with E-state index in [-0.39, 0.29) is 24.0 Å². The molecule has 2 fully saturated rings. The van der Waals surface area contributed by atoms with Crippen LogP contribution in [-0.4, -0.2) is 55.7 Å². The van der Waals surface area contributed by atoms with Crippen LogP contribution in [0.2, 0.25) is 0 Å². The van der Waals surface area contributed by atoms with Gasteiger partial charge in [-0.2, -0.15) is 4.31 Å². The van der Waals surface area contributed by atoms with Gasteiger partial charge in [0.15, 0.2) is 0 Å². The Kier molecular flexibility index (Phi) is 5.50. The first kappa shape index (κ1) is 20.1. The van der Waals surface area contributed by atoms with E-state index in [2.05, 4.69) is 0 Å². The average Bonchev–Trinajstić information content (AvgIpc) is 3.36. The molecule has 0 unspecified atom stereocenters. The van der Waals surface area contributed by atoms with Crippen LogP contribution in [0.25, 0.3) is 10.8 Å². The number of β-amino-alcohol motifs (C(OH)–C–C–N with tert-alkyl or cyclic N) is 1. The van der Waals surface area contributed by atoms with E-state index in [4.69, 9.17) is 9.47 Å². The molecule has 4 rings (SSSR count). The second-order valence-electron chi connectivity index (χ2n) is 7.70. The Morgan fingerprint density at radius 3 is 2.52 bits per heavy atom. The van der Waals surface area contributed by atoms with Gasteiger partial charge in [-0.25, -0.2) is 8.42 Å². The van der Waals surface area contributed by atoms with Crippen LogP contribution in [-0.2, 0) is 19.6 Å². The minimum absolute atomic E-state index is 0.0291. The molecule has 0 aromatic heterocycles. The maximum absolute atomic E-state index is 13.1. The zero-order chi connectivity index (χ0) is 20.6. The fourth-order valence-electron chi connectivity index (χ4n) is 4.17. The first-order valence-corrected chi connectivity index (χ1v) is 11.3. The van der Waals surface area contributed by atoms with E-state index in [1.165, 1.54) is 26.0 Å². The highest BCUT2D eigenvalue weighted by molar-refractivity contribution is 7.89. The van der Waals surface area contributed by atoms with E-state index < -0.39 is 28.1 Å². The Hall–Kier alpha value is -2.16. The molecule has 29 heavy (non-hydrogen) atoms. The number of fused-ring (bicyclic) bond motifs is 1. The summed E-state index contributed by atoms with van der Waals surface area (Å²) < 4.78 is 38.0. The van der Waals surface area contributed by atoms with Crippen LogP contribution in [0.1, 0.15) is 32.1 Å². The standard InChI is InChI=1S/C21H25NO6S/c1-27-21(24)20-12-16(23)13-22(20)29(25,26)19-9-7-14-10-18(8-6-15(14)11-19)28-17-4-2-3-5-17/h6-11,16-17,20,23H,2-5,12-13H2,1H3/t16-,20+/m1/s1. The molecule has 1 saturated carbocycles. The molecule has 0 radical (unpaired) electrons. The van der Waals surface area contributed by atoms with Gasteiger partial charge in [0.2, 0.25) is 10.0 Å².